The van der Waals surface area contributed by atoms with E-state index in [-0.39, 0.29) is 0 Å². The molecule has 0 heterocycles. The zero-order valence-electron chi connectivity index (χ0n) is 12.0. The van der Waals surface area contributed by atoms with E-state index in [4.69, 9.17) is 0 Å². The summed E-state index contributed by atoms with van der Waals surface area (Å²) in [6.45, 7) is 2.67. The van der Waals surface area contributed by atoms with E-state index in [9.17, 15) is 14.5 Å². The van der Waals surface area contributed by atoms with Gasteiger partial charge in [0.15, 0.2) is 0 Å². The number of nitro benzene ring substituents is 1. The van der Waals surface area contributed by atoms with E-state index in [2.05, 4.69) is 11.8 Å². The second-order valence-electron chi connectivity index (χ2n) is 5.85. The molecule has 1 aliphatic rings. The predicted octanol–water partition coefficient (Wildman–Crippen LogP) is 3.74. The molecule has 5 heteroatoms. The molecule has 0 spiro atoms. The number of hydrogen-bond donors (Lipinski definition) is 0. The third kappa shape index (κ3) is 3.33. The van der Waals surface area contributed by atoms with E-state index in [0.717, 1.165) is 12.8 Å². The smallest absolute Gasteiger partial charge is 0.299 e. The second kappa shape index (κ2) is 6.31. The first-order chi connectivity index (χ1) is 9.49. The minimum Gasteiger partial charge on any atom is -0.299 e. The van der Waals surface area contributed by atoms with Crippen molar-refractivity contribution in [2.75, 3.05) is 7.05 Å². The van der Waals surface area contributed by atoms with Crippen molar-refractivity contribution >= 4 is 5.69 Å². The van der Waals surface area contributed by atoms with Gasteiger partial charge in [-0.15, -0.1) is 0 Å². The maximum absolute atomic E-state index is 14.1. The van der Waals surface area contributed by atoms with Gasteiger partial charge in [-0.05, 0) is 25.8 Å². The minimum absolute atomic E-state index is 0.403. The summed E-state index contributed by atoms with van der Waals surface area (Å²) < 4.78 is 14.1. The number of hydrogen-bond acceptors (Lipinski definition) is 3. The molecule has 2 atom stereocenters. The van der Waals surface area contributed by atoms with Crippen LogP contribution in [0.15, 0.2) is 18.2 Å². The largest absolute Gasteiger partial charge is 0.305 e. The van der Waals surface area contributed by atoms with Gasteiger partial charge in [-0.25, -0.2) is 0 Å². The minimum atomic E-state index is -0.701. The summed E-state index contributed by atoms with van der Waals surface area (Å²) in [6.07, 6.45) is 4.70. The molecule has 0 amide bonds. The van der Waals surface area contributed by atoms with Crippen LogP contribution in [0.5, 0.6) is 0 Å². The van der Waals surface area contributed by atoms with Crippen LogP contribution in [0.4, 0.5) is 10.1 Å². The fourth-order valence-corrected chi connectivity index (χ4v) is 3.03. The van der Waals surface area contributed by atoms with Crippen LogP contribution in [-0.2, 0) is 6.54 Å². The van der Waals surface area contributed by atoms with Crippen LogP contribution in [-0.4, -0.2) is 22.9 Å². The first-order valence-electron chi connectivity index (χ1n) is 7.11. The van der Waals surface area contributed by atoms with Crippen molar-refractivity contribution in [1.82, 2.24) is 4.90 Å². The van der Waals surface area contributed by atoms with Gasteiger partial charge in [0.1, 0.15) is 0 Å². The van der Waals surface area contributed by atoms with E-state index < -0.39 is 16.4 Å². The molecular formula is C15H21FN2O2. The summed E-state index contributed by atoms with van der Waals surface area (Å²) in [4.78, 5) is 12.2. The zero-order valence-corrected chi connectivity index (χ0v) is 12.0. The Bertz CT molecular complexity index is 493. The predicted molar refractivity (Wildman–Crippen MR) is 75.9 cm³/mol. The molecule has 2 unspecified atom stereocenters. The van der Waals surface area contributed by atoms with Gasteiger partial charge < -0.3 is 0 Å². The Hall–Kier alpha value is -1.49. The van der Waals surface area contributed by atoms with Crippen LogP contribution in [0.25, 0.3) is 0 Å². The highest BCUT2D eigenvalue weighted by Crippen LogP contribution is 2.28. The quantitative estimate of drug-likeness (QED) is 0.623. The number of halogens is 1. The maximum Gasteiger partial charge on any atom is 0.305 e. The normalized spacial score (nSPS) is 23.0. The van der Waals surface area contributed by atoms with Gasteiger partial charge in [0, 0.05) is 24.2 Å². The van der Waals surface area contributed by atoms with Crippen LogP contribution < -0.4 is 0 Å². The van der Waals surface area contributed by atoms with E-state index in [1.807, 2.05) is 7.05 Å². The van der Waals surface area contributed by atoms with Crippen LogP contribution >= 0.6 is 0 Å². The third-order valence-corrected chi connectivity index (χ3v) is 4.21. The molecular weight excluding hydrogens is 259 g/mol. The third-order valence-electron chi connectivity index (χ3n) is 4.21. The topological polar surface area (TPSA) is 46.4 Å². The lowest BCUT2D eigenvalue weighted by atomic mass is 9.86. The van der Waals surface area contributed by atoms with Gasteiger partial charge in [0.05, 0.1) is 4.92 Å². The molecule has 1 aliphatic carbocycles. The van der Waals surface area contributed by atoms with Crippen molar-refractivity contribution in [3.63, 3.8) is 0 Å². The van der Waals surface area contributed by atoms with E-state index in [1.54, 1.807) is 12.1 Å². The summed E-state index contributed by atoms with van der Waals surface area (Å²) in [5, 5.41) is 10.8. The first kappa shape index (κ1) is 14.9. The van der Waals surface area contributed by atoms with Crippen LogP contribution in [0, 0.1) is 21.8 Å². The SMILES string of the molecule is CC1CCCC(N(C)Cc2cccc([N+](=O)[O-])c2F)C1. The van der Waals surface area contributed by atoms with Gasteiger partial charge in [-0.3, -0.25) is 15.0 Å². The molecule has 2 rings (SSSR count). The standard InChI is InChI=1S/C15H21FN2O2/c1-11-5-3-7-13(9-11)17(2)10-12-6-4-8-14(15(12)16)18(19)20/h4,6,8,11,13H,3,5,7,9-10H2,1-2H3. The van der Waals surface area contributed by atoms with Crippen molar-refractivity contribution in [1.29, 1.82) is 0 Å². The second-order valence-corrected chi connectivity index (χ2v) is 5.85. The number of nitro groups is 1. The fraction of sp³-hybridized carbons (Fsp3) is 0.600. The van der Waals surface area contributed by atoms with Gasteiger partial charge in [-0.1, -0.05) is 31.9 Å². The molecule has 0 aliphatic heterocycles. The zero-order chi connectivity index (χ0) is 14.7. The average molecular weight is 280 g/mol. The number of nitrogens with zero attached hydrogens (tertiary/aromatic N) is 2. The number of rotatable bonds is 4. The van der Waals surface area contributed by atoms with Crippen LogP contribution in [0.2, 0.25) is 0 Å². The lowest BCUT2D eigenvalue weighted by Gasteiger charge is -2.34. The Kier molecular flexibility index (Phi) is 4.70. The molecule has 0 bridgehead atoms. The fourth-order valence-electron chi connectivity index (χ4n) is 3.03. The lowest BCUT2D eigenvalue weighted by molar-refractivity contribution is -0.387. The first-order valence-corrected chi connectivity index (χ1v) is 7.11. The van der Waals surface area contributed by atoms with Gasteiger partial charge >= 0.3 is 5.69 Å². The monoisotopic (exact) mass is 280 g/mol. The molecule has 0 saturated heterocycles. The van der Waals surface area contributed by atoms with E-state index in [0.29, 0.717) is 24.1 Å². The average Bonchev–Trinajstić information content (AvgIpc) is 2.40. The van der Waals surface area contributed by atoms with Crippen LogP contribution in [0.1, 0.15) is 38.2 Å². The van der Waals surface area contributed by atoms with Crippen molar-refractivity contribution in [3.05, 3.63) is 39.7 Å². The summed E-state index contributed by atoms with van der Waals surface area (Å²) in [5.41, 5.74) is -0.0344. The lowest BCUT2D eigenvalue weighted by Crippen LogP contribution is -2.35. The molecule has 110 valence electrons. The van der Waals surface area contributed by atoms with E-state index in [1.165, 1.54) is 18.9 Å². The summed E-state index contributed by atoms with van der Waals surface area (Å²) in [6, 6.07) is 4.83. The van der Waals surface area contributed by atoms with Gasteiger partial charge in [-0.2, -0.15) is 4.39 Å². The molecule has 1 aromatic rings. The number of benzene rings is 1. The van der Waals surface area contributed by atoms with Crippen LogP contribution in [0.3, 0.4) is 0 Å². The van der Waals surface area contributed by atoms with Gasteiger partial charge in [0.25, 0.3) is 0 Å². The van der Waals surface area contributed by atoms with Crippen molar-refractivity contribution < 1.29 is 9.31 Å². The summed E-state index contributed by atoms with van der Waals surface area (Å²) in [5.74, 6) is -0.000589. The summed E-state index contributed by atoms with van der Waals surface area (Å²) >= 11 is 0. The Labute approximate surface area is 118 Å². The molecule has 0 aromatic heterocycles. The van der Waals surface area contributed by atoms with Crippen molar-refractivity contribution in [3.8, 4) is 0 Å². The highest BCUT2D eigenvalue weighted by atomic mass is 19.1. The highest BCUT2D eigenvalue weighted by Gasteiger charge is 2.24. The maximum atomic E-state index is 14.1. The Morgan fingerprint density at radius 1 is 1.45 bits per heavy atom. The summed E-state index contributed by atoms with van der Waals surface area (Å²) in [7, 11) is 1.97. The molecule has 4 nitrogen and oxygen atoms in total. The molecule has 0 N–H and O–H groups in total. The Balaban J connectivity index is 2.09. The molecule has 20 heavy (non-hydrogen) atoms. The van der Waals surface area contributed by atoms with Crippen molar-refractivity contribution in [2.45, 2.75) is 45.2 Å². The Morgan fingerprint density at radius 3 is 2.85 bits per heavy atom. The molecule has 1 aromatic carbocycles. The molecule has 1 saturated carbocycles. The van der Waals surface area contributed by atoms with Crippen molar-refractivity contribution in [2.24, 2.45) is 5.92 Å². The molecule has 0 radical (unpaired) electrons. The Morgan fingerprint density at radius 2 is 2.20 bits per heavy atom. The highest BCUT2D eigenvalue weighted by molar-refractivity contribution is 5.36. The molecule has 1 fully saturated rings. The van der Waals surface area contributed by atoms with Gasteiger partial charge in [0.2, 0.25) is 5.82 Å². The van der Waals surface area contributed by atoms with E-state index >= 15 is 0 Å².